The van der Waals surface area contributed by atoms with E-state index in [9.17, 15) is 5.02 Å². The van der Waals surface area contributed by atoms with Crippen LogP contribution >= 0.6 is 0 Å². The zero-order valence-electron chi connectivity index (χ0n) is 9.09. The predicted molar refractivity (Wildman–Crippen MR) is 73.3 cm³/mol. The van der Waals surface area contributed by atoms with Crippen LogP contribution in [0.3, 0.4) is 0 Å². The fraction of sp³-hybridized carbons (Fsp3) is 0.143. The summed E-state index contributed by atoms with van der Waals surface area (Å²) in [6.45, 7) is 1.37. The summed E-state index contributed by atoms with van der Waals surface area (Å²) in [5.74, 6) is 0.208. The van der Waals surface area contributed by atoms with Gasteiger partial charge in [0.2, 0.25) is 0 Å². The molecular weight excluding hydrogens is 211 g/mol. The lowest BCUT2D eigenvalue weighted by Crippen LogP contribution is -2.42. The van der Waals surface area contributed by atoms with E-state index in [0.717, 1.165) is 10.9 Å². The number of aromatic hydroxyl groups is 1. The smallest absolute Gasteiger partial charge is 0.358 e. The fourth-order valence-corrected chi connectivity index (χ4v) is 1.60. The Bertz CT molecular complexity index is 417. The minimum atomic E-state index is -0.638. The summed E-state index contributed by atoms with van der Waals surface area (Å²) in [7, 11) is 0. The van der Waals surface area contributed by atoms with Crippen LogP contribution in [0.15, 0.2) is 48.5 Å². The average Bonchev–Trinajstić information content (AvgIpc) is 2.30. The van der Waals surface area contributed by atoms with E-state index < -0.39 is 6.92 Å². The highest BCUT2D eigenvalue weighted by molar-refractivity contribution is 6.78. The van der Waals surface area contributed by atoms with Gasteiger partial charge >= 0.3 is 6.92 Å². The lowest BCUT2D eigenvalue weighted by atomic mass is 9.56. The largest absolute Gasteiger partial charge is 0.508 e. The van der Waals surface area contributed by atoms with E-state index in [1.807, 2.05) is 31.2 Å². The van der Waals surface area contributed by atoms with Crippen molar-refractivity contribution in [3.63, 3.8) is 0 Å². The standard InChI is InChI=1S/C13H13BO2.CH4/c1-10-2-4-11(5-3-10)14(16)12-6-8-13(15)9-7-12;/h2-9,15-16H,1H3;1H4. The number of hydrogen-bond acceptors (Lipinski definition) is 2. The topological polar surface area (TPSA) is 40.5 Å². The normalized spacial score (nSPS) is 9.53. The number of rotatable bonds is 2. The Morgan fingerprint density at radius 2 is 1.24 bits per heavy atom. The second-order valence-corrected chi connectivity index (χ2v) is 3.90. The van der Waals surface area contributed by atoms with Gasteiger partial charge in [-0.25, -0.2) is 0 Å². The molecule has 0 aliphatic rings. The molecule has 17 heavy (non-hydrogen) atoms. The van der Waals surface area contributed by atoms with Gasteiger partial charge in [0, 0.05) is 0 Å². The molecule has 0 saturated heterocycles. The first-order chi connectivity index (χ1) is 7.66. The molecule has 0 aliphatic carbocycles. The average molecular weight is 228 g/mol. The SMILES string of the molecule is C.Cc1ccc(B(O)c2ccc(O)cc2)cc1. The third-order valence-electron chi connectivity index (χ3n) is 2.60. The quantitative estimate of drug-likeness (QED) is 0.763. The highest BCUT2D eigenvalue weighted by Gasteiger charge is 2.16. The van der Waals surface area contributed by atoms with Crippen LogP contribution in [0.1, 0.15) is 13.0 Å². The van der Waals surface area contributed by atoms with E-state index in [0.29, 0.717) is 0 Å². The fourth-order valence-electron chi connectivity index (χ4n) is 1.60. The van der Waals surface area contributed by atoms with Crippen LogP contribution in [0.5, 0.6) is 5.75 Å². The lowest BCUT2D eigenvalue weighted by Gasteiger charge is -2.07. The van der Waals surface area contributed by atoms with Crippen molar-refractivity contribution in [2.75, 3.05) is 0 Å². The van der Waals surface area contributed by atoms with E-state index in [2.05, 4.69) is 0 Å². The van der Waals surface area contributed by atoms with Gasteiger partial charge in [-0.3, -0.25) is 0 Å². The number of phenolic OH excluding ortho intramolecular Hbond substituents is 1. The molecule has 2 rings (SSSR count). The molecule has 0 radical (unpaired) electrons. The van der Waals surface area contributed by atoms with Crippen LogP contribution in [0.2, 0.25) is 0 Å². The first kappa shape index (κ1) is 13.3. The maximum Gasteiger partial charge on any atom is 0.358 e. The maximum absolute atomic E-state index is 10.1. The van der Waals surface area contributed by atoms with Crippen LogP contribution in [0.4, 0.5) is 0 Å². The van der Waals surface area contributed by atoms with Crippen molar-refractivity contribution < 1.29 is 10.1 Å². The number of aryl methyl sites for hydroxylation is 1. The molecule has 0 amide bonds. The third-order valence-corrected chi connectivity index (χ3v) is 2.60. The molecular formula is C14H17BO2. The van der Waals surface area contributed by atoms with Crippen molar-refractivity contribution in [2.24, 2.45) is 0 Å². The summed E-state index contributed by atoms with van der Waals surface area (Å²) < 4.78 is 0. The minimum absolute atomic E-state index is 0. The minimum Gasteiger partial charge on any atom is -0.508 e. The van der Waals surface area contributed by atoms with Crippen molar-refractivity contribution in [1.29, 1.82) is 0 Å². The molecule has 0 spiro atoms. The molecule has 0 heterocycles. The van der Waals surface area contributed by atoms with Crippen LogP contribution in [-0.2, 0) is 0 Å². The monoisotopic (exact) mass is 228 g/mol. The maximum atomic E-state index is 10.1. The second-order valence-electron chi connectivity index (χ2n) is 3.90. The Morgan fingerprint density at radius 3 is 1.71 bits per heavy atom. The number of phenols is 1. The molecule has 3 heteroatoms. The number of hydrogen-bond donors (Lipinski definition) is 2. The Hall–Kier alpha value is -1.74. The molecule has 0 unspecified atom stereocenters. The van der Waals surface area contributed by atoms with Crippen LogP contribution in [-0.4, -0.2) is 17.0 Å². The zero-order valence-corrected chi connectivity index (χ0v) is 9.09. The van der Waals surface area contributed by atoms with Gasteiger partial charge in [-0.1, -0.05) is 49.4 Å². The highest BCUT2D eigenvalue weighted by atomic mass is 16.3. The molecule has 2 nitrogen and oxygen atoms in total. The van der Waals surface area contributed by atoms with Crippen molar-refractivity contribution in [3.8, 4) is 5.75 Å². The third kappa shape index (κ3) is 3.11. The van der Waals surface area contributed by atoms with Crippen LogP contribution in [0.25, 0.3) is 0 Å². The molecule has 0 fully saturated rings. The first-order valence-electron chi connectivity index (χ1n) is 5.20. The predicted octanol–water partition coefficient (Wildman–Crippen LogP) is 1.43. The van der Waals surface area contributed by atoms with Crippen molar-refractivity contribution >= 4 is 17.8 Å². The Morgan fingerprint density at radius 1 is 0.824 bits per heavy atom. The van der Waals surface area contributed by atoms with E-state index in [4.69, 9.17) is 5.11 Å². The molecule has 0 bridgehead atoms. The van der Waals surface area contributed by atoms with Gasteiger partial charge in [-0.05, 0) is 30.0 Å². The zero-order chi connectivity index (χ0) is 11.5. The first-order valence-corrected chi connectivity index (χ1v) is 5.20. The van der Waals surface area contributed by atoms with Crippen molar-refractivity contribution in [1.82, 2.24) is 0 Å². The van der Waals surface area contributed by atoms with Gasteiger partial charge in [0.25, 0.3) is 0 Å². The molecule has 88 valence electrons. The lowest BCUT2D eigenvalue weighted by molar-refractivity contribution is 0.475. The Kier molecular flexibility index (Phi) is 4.35. The van der Waals surface area contributed by atoms with Gasteiger partial charge in [-0.15, -0.1) is 0 Å². The van der Waals surface area contributed by atoms with Gasteiger partial charge in [0.1, 0.15) is 5.75 Å². The van der Waals surface area contributed by atoms with E-state index in [1.54, 1.807) is 24.3 Å². The molecule has 0 atom stereocenters. The van der Waals surface area contributed by atoms with Gasteiger partial charge in [-0.2, -0.15) is 0 Å². The van der Waals surface area contributed by atoms with Crippen molar-refractivity contribution in [3.05, 3.63) is 54.1 Å². The van der Waals surface area contributed by atoms with Gasteiger partial charge in [0.05, 0.1) is 0 Å². The van der Waals surface area contributed by atoms with Crippen molar-refractivity contribution in [2.45, 2.75) is 14.4 Å². The molecule has 0 saturated carbocycles. The summed E-state index contributed by atoms with van der Waals surface area (Å²) in [5.41, 5.74) is 2.81. The van der Waals surface area contributed by atoms with Crippen LogP contribution < -0.4 is 10.9 Å². The molecule has 0 aliphatic heterocycles. The molecule has 2 N–H and O–H groups in total. The summed E-state index contributed by atoms with van der Waals surface area (Å²) in [6, 6.07) is 14.4. The van der Waals surface area contributed by atoms with Crippen LogP contribution in [0, 0.1) is 6.92 Å². The highest BCUT2D eigenvalue weighted by Crippen LogP contribution is 2.03. The summed E-state index contributed by atoms with van der Waals surface area (Å²) in [6.07, 6.45) is 0. The molecule has 0 aromatic heterocycles. The summed E-state index contributed by atoms with van der Waals surface area (Å²) in [4.78, 5) is 0. The molecule has 2 aromatic rings. The second kappa shape index (κ2) is 5.55. The Balaban J connectivity index is 0.00000144. The Labute approximate surface area is 103 Å². The summed E-state index contributed by atoms with van der Waals surface area (Å²) >= 11 is 0. The molecule has 2 aromatic carbocycles. The summed E-state index contributed by atoms with van der Waals surface area (Å²) in [5, 5.41) is 19.3. The van der Waals surface area contributed by atoms with Gasteiger partial charge in [0.15, 0.2) is 0 Å². The number of benzene rings is 2. The van der Waals surface area contributed by atoms with Gasteiger partial charge < -0.3 is 10.1 Å². The van der Waals surface area contributed by atoms with E-state index in [-0.39, 0.29) is 13.2 Å². The van der Waals surface area contributed by atoms with E-state index in [1.165, 1.54) is 5.56 Å². The van der Waals surface area contributed by atoms with E-state index >= 15 is 0 Å².